The van der Waals surface area contributed by atoms with E-state index in [1.54, 1.807) is 0 Å². The van der Waals surface area contributed by atoms with E-state index in [0.717, 1.165) is 38.5 Å². The molecule has 0 unspecified atom stereocenters. The lowest BCUT2D eigenvalue weighted by Crippen LogP contribution is -2.01. The second-order valence-corrected chi connectivity index (χ2v) is 15.4. The smallest absolute Gasteiger partial charge is 0.164 e. The summed E-state index contributed by atoms with van der Waals surface area (Å²) in [5.41, 5.74) is 6.37. The van der Waals surface area contributed by atoms with Crippen LogP contribution in [0, 0.1) is 0 Å². The SMILES string of the molecule is c1ccc(-c2nc(-c3ccc4ccccc4c3)nc(-c3cccc4c(-n5c6ccccc6c6c7ccccc7ccc65)cc5c6ccccc6sc5c34)n2)cc1. The van der Waals surface area contributed by atoms with Gasteiger partial charge in [-0.3, -0.25) is 0 Å². The maximum Gasteiger partial charge on any atom is 0.164 e. The van der Waals surface area contributed by atoms with Crippen LogP contribution in [0.2, 0.25) is 0 Å². The predicted octanol–water partition coefficient (Wildman–Crippen LogP) is 13.8. The van der Waals surface area contributed by atoms with Crippen molar-refractivity contribution in [2.45, 2.75) is 0 Å². The topological polar surface area (TPSA) is 43.6 Å². The molecular weight excluding hydrogens is 701 g/mol. The van der Waals surface area contributed by atoms with Crippen LogP contribution in [-0.4, -0.2) is 19.5 Å². The van der Waals surface area contributed by atoms with Crippen molar-refractivity contribution in [3.8, 4) is 39.9 Å². The molecule has 3 heterocycles. The van der Waals surface area contributed by atoms with Gasteiger partial charge in [0, 0.05) is 58.4 Å². The average Bonchev–Trinajstić information content (AvgIpc) is 3.82. The number of fused-ring (bicyclic) bond motifs is 11. The Kier molecular flexibility index (Phi) is 6.76. The second-order valence-electron chi connectivity index (χ2n) is 14.4. The predicted molar refractivity (Wildman–Crippen MR) is 236 cm³/mol. The summed E-state index contributed by atoms with van der Waals surface area (Å²) in [4.78, 5) is 15.7. The molecule has 0 spiro atoms. The molecule has 0 saturated carbocycles. The number of thiophene rings is 1. The van der Waals surface area contributed by atoms with E-state index in [1.807, 2.05) is 29.5 Å². The molecule has 0 saturated heterocycles. The highest BCUT2D eigenvalue weighted by atomic mass is 32.1. The summed E-state index contributed by atoms with van der Waals surface area (Å²) in [6.45, 7) is 0. The molecule has 260 valence electrons. The number of rotatable bonds is 4. The van der Waals surface area contributed by atoms with E-state index in [1.165, 1.54) is 58.1 Å². The minimum atomic E-state index is 0.647. The summed E-state index contributed by atoms with van der Waals surface area (Å²) >= 11 is 1.84. The number of para-hydroxylation sites is 1. The van der Waals surface area contributed by atoms with E-state index in [9.17, 15) is 0 Å². The Hall–Kier alpha value is -7.21. The van der Waals surface area contributed by atoms with Crippen LogP contribution in [0.5, 0.6) is 0 Å². The highest BCUT2D eigenvalue weighted by Crippen LogP contribution is 2.46. The summed E-state index contributed by atoms with van der Waals surface area (Å²) in [5.74, 6) is 1.94. The largest absolute Gasteiger partial charge is 0.309 e. The zero-order valence-electron chi connectivity index (χ0n) is 30.0. The number of aromatic nitrogens is 4. The Morgan fingerprint density at radius 1 is 0.375 bits per heavy atom. The molecule has 0 N–H and O–H groups in total. The quantitative estimate of drug-likeness (QED) is 0.181. The lowest BCUT2D eigenvalue weighted by Gasteiger charge is -2.16. The van der Waals surface area contributed by atoms with Crippen LogP contribution in [0.1, 0.15) is 0 Å². The zero-order valence-corrected chi connectivity index (χ0v) is 30.8. The molecule has 0 fully saturated rings. The highest BCUT2D eigenvalue weighted by Gasteiger charge is 2.22. The summed E-state index contributed by atoms with van der Waals surface area (Å²) in [6.07, 6.45) is 0. The fourth-order valence-electron chi connectivity index (χ4n) is 8.66. The van der Waals surface area contributed by atoms with Crippen LogP contribution in [0.15, 0.2) is 182 Å². The van der Waals surface area contributed by atoms with Gasteiger partial charge in [0.05, 0.1) is 16.7 Å². The van der Waals surface area contributed by atoms with E-state index in [0.29, 0.717) is 17.5 Å². The first-order valence-electron chi connectivity index (χ1n) is 18.9. The van der Waals surface area contributed by atoms with Crippen LogP contribution >= 0.6 is 11.3 Å². The Labute approximate surface area is 325 Å². The summed E-state index contributed by atoms with van der Waals surface area (Å²) in [6, 6.07) is 65.0. The minimum Gasteiger partial charge on any atom is -0.309 e. The van der Waals surface area contributed by atoms with Crippen molar-refractivity contribution in [1.82, 2.24) is 19.5 Å². The van der Waals surface area contributed by atoms with Crippen LogP contribution in [0.4, 0.5) is 0 Å². The molecule has 0 aliphatic carbocycles. The summed E-state index contributed by atoms with van der Waals surface area (Å²) in [5, 5.41) is 12.1. The van der Waals surface area contributed by atoms with Crippen molar-refractivity contribution in [1.29, 1.82) is 0 Å². The first-order valence-corrected chi connectivity index (χ1v) is 19.7. The van der Waals surface area contributed by atoms with E-state index >= 15 is 0 Å². The molecule has 0 bridgehead atoms. The maximum atomic E-state index is 5.32. The molecule has 0 aliphatic rings. The van der Waals surface area contributed by atoms with E-state index < -0.39 is 0 Å². The highest BCUT2D eigenvalue weighted by molar-refractivity contribution is 7.26. The number of hydrogen-bond donors (Lipinski definition) is 0. The maximum absolute atomic E-state index is 5.32. The Morgan fingerprint density at radius 2 is 1.04 bits per heavy atom. The third-order valence-corrected chi connectivity index (χ3v) is 12.4. The van der Waals surface area contributed by atoms with Crippen molar-refractivity contribution >= 4 is 85.6 Å². The Bertz CT molecular complexity index is 3540. The molecule has 0 amide bonds. The lowest BCUT2D eigenvalue weighted by atomic mass is 9.98. The molecule has 0 radical (unpaired) electrons. The van der Waals surface area contributed by atoms with Crippen LogP contribution < -0.4 is 0 Å². The molecule has 3 aromatic heterocycles. The molecule has 4 nitrogen and oxygen atoms in total. The normalized spacial score (nSPS) is 11.9. The molecular formula is C51H30N4S. The molecule has 12 aromatic rings. The summed E-state index contributed by atoms with van der Waals surface area (Å²) in [7, 11) is 0. The second kappa shape index (κ2) is 12.2. The van der Waals surface area contributed by atoms with Crippen molar-refractivity contribution in [3.63, 3.8) is 0 Å². The summed E-state index contributed by atoms with van der Waals surface area (Å²) < 4.78 is 4.94. The molecule has 5 heteroatoms. The van der Waals surface area contributed by atoms with E-state index in [4.69, 9.17) is 15.0 Å². The first kappa shape index (κ1) is 31.2. The van der Waals surface area contributed by atoms with Gasteiger partial charge in [0.2, 0.25) is 0 Å². The van der Waals surface area contributed by atoms with Gasteiger partial charge >= 0.3 is 0 Å². The van der Waals surface area contributed by atoms with Gasteiger partial charge in [-0.25, -0.2) is 15.0 Å². The van der Waals surface area contributed by atoms with Gasteiger partial charge in [0.15, 0.2) is 17.5 Å². The van der Waals surface area contributed by atoms with Crippen molar-refractivity contribution < 1.29 is 0 Å². The number of benzene rings is 9. The molecule has 0 atom stereocenters. The van der Waals surface area contributed by atoms with Gasteiger partial charge in [-0.05, 0) is 51.9 Å². The van der Waals surface area contributed by atoms with Crippen LogP contribution in [0.25, 0.3) is 114 Å². The number of nitrogens with zero attached hydrogens (tertiary/aromatic N) is 4. The average molecular weight is 731 g/mol. The first-order chi connectivity index (χ1) is 27.8. The van der Waals surface area contributed by atoms with Crippen molar-refractivity contribution in [3.05, 3.63) is 182 Å². The number of hydrogen-bond acceptors (Lipinski definition) is 4. The Balaban J connectivity index is 1.21. The van der Waals surface area contributed by atoms with Gasteiger partial charge < -0.3 is 4.57 Å². The van der Waals surface area contributed by atoms with Gasteiger partial charge in [-0.1, -0.05) is 152 Å². The minimum absolute atomic E-state index is 0.647. The van der Waals surface area contributed by atoms with Gasteiger partial charge in [0.25, 0.3) is 0 Å². The molecule has 9 aromatic carbocycles. The van der Waals surface area contributed by atoms with Crippen molar-refractivity contribution in [2.75, 3.05) is 0 Å². The van der Waals surface area contributed by atoms with E-state index in [-0.39, 0.29) is 0 Å². The van der Waals surface area contributed by atoms with E-state index in [2.05, 4.69) is 168 Å². The standard InChI is InChI=1S/C51H30N4S/c1-2-15-33(16-3-1)49-52-50(35-26-25-31-13-4-5-17-34(31)29-35)54-51(53-49)40-22-12-21-39-44(30-41-37-19-9-11-24-45(37)56-48(41)47(39)40)55-42-23-10-8-20-38(42)46-36-18-7-6-14-32(36)27-28-43(46)55/h1-30H. The fourth-order valence-corrected chi connectivity index (χ4v) is 9.91. The molecule has 0 aliphatic heterocycles. The fraction of sp³-hybridized carbons (Fsp3) is 0. The zero-order chi connectivity index (χ0) is 36.7. The lowest BCUT2D eigenvalue weighted by molar-refractivity contribution is 1.08. The Morgan fingerprint density at radius 3 is 1.91 bits per heavy atom. The van der Waals surface area contributed by atoms with Gasteiger partial charge in [-0.15, -0.1) is 11.3 Å². The third-order valence-electron chi connectivity index (χ3n) is 11.2. The van der Waals surface area contributed by atoms with Gasteiger partial charge in [-0.2, -0.15) is 0 Å². The molecule has 56 heavy (non-hydrogen) atoms. The van der Waals surface area contributed by atoms with Crippen LogP contribution in [0.3, 0.4) is 0 Å². The van der Waals surface area contributed by atoms with Crippen LogP contribution in [-0.2, 0) is 0 Å². The third kappa shape index (κ3) is 4.68. The van der Waals surface area contributed by atoms with Gasteiger partial charge in [0.1, 0.15) is 0 Å². The monoisotopic (exact) mass is 730 g/mol. The molecule has 12 rings (SSSR count). The van der Waals surface area contributed by atoms with Crippen molar-refractivity contribution in [2.24, 2.45) is 0 Å².